The summed E-state index contributed by atoms with van der Waals surface area (Å²) in [4.78, 5) is 2.65. The lowest BCUT2D eigenvalue weighted by Crippen LogP contribution is -2.46. The first kappa shape index (κ1) is 14.2. The third-order valence-electron chi connectivity index (χ3n) is 4.45. The minimum absolute atomic E-state index is 0.657. The van der Waals surface area contributed by atoms with Crippen LogP contribution in [0, 0.1) is 0 Å². The fraction of sp³-hybridized carbons (Fsp3) is 0.625. The minimum Gasteiger partial charge on any atom is -0.491 e. The highest BCUT2D eigenvalue weighted by molar-refractivity contribution is 6.32. The second-order valence-electron chi connectivity index (χ2n) is 5.79. The molecule has 3 nitrogen and oxygen atoms in total. The van der Waals surface area contributed by atoms with Crippen LogP contribution in [0.15, 0.2) is 24.3 Å². The maximum Gasteiger partial charge on any atom is 0.137 e. The Morgan fingerprint density at radius 3 is 3.05 bits per heavy atom. The van der Waals surface area contributed by atoms with Crippen LogP contribution in [0.3, 0.4) is 0 Å². The van der Waals surface area contributed by atoms with E-state index >= 15 is 0 Å². The largest absolute Gasteiger partial charge is 0.491 e. The van der Waals surface area contributed by atoms with Crippen molar-refractivity contribution in [3.63, 3.8) is 0 Å². The molecule has 2 saturated heterocycles. The zero-order chi connectivity index (χ0) is 13.8. The number of rotatable bonds is 5. The molecule has 2 aliphatic heterocycles. The lowest BCUT2D eigenvalue weighted by molar-refractivity contribution is 0.163. The van der Waals surface area contributed by atoms with Crippen LogP contribution in [-0.4, -0.2) is 43.2 Å². The Morgan fingerprint density at radius 2 is 2.15 bits per heavy atom. The van der Waals surface area contributed by atoms with Crippen LogP contribution in [0.2, 0.25) is 5.02 Å². The standard InChI is InChI=1S/C16H23ClN2O/c17-15-5-1-2-6-16(15)20-11-8-18-13-7-10-19-9-3-4-14(19)12-13/h1-2,5-6,13-14,18H,3-4,7-12H2/t13-,14+/m0/s1. The van der Waals surface area contributed by atoms with E-state index in [4.69, 9.17) is 16.3 Å². The SMILES string of the molecule is Clc1ccccc1OCCN[C@H]1CCN2CCC[C@@H]2C1. The molecule has 0 radical (unpaired) electrons. The molecule has 0 amide bonds. The molecule has 4 heteroatoms. The normalized spacial score (nSPS) is 26.4. The molecule has 2 aliphatic rings. The summed E-state index contributed by atoms with van der Waals surface area (Å²) in [6.07, 6.45) is 5.33. The Hall–Kier alpha value is -0.770. The molecule has 0 spiro atoms. The molecule has 1 N–H and O–H groups in total. The van der Waals surface area contributed by atoms with Crippen LogP contribution >= 0.6 is 11.6 Å². The summed E-state index contributed by atoms with van der Waals surface area (Å²) in [6.45, 7) is 4.14. The molecule has 0 unspecified atom stereocenters. The monoisotopic (exact) mass is 294 g/mol. The Morgan fingerprint density at radius 1 is 1.25 bits per heavy atom. The van der Waals surface area contributed by atoms with Gasteiger partial charge in [-0.2, -0.15) is 0 Å². The Balaban J connectivity index is 1.37. The summed E-state index contributed by atoms with van der Waals surface area (Å²) < 4.78 is 5.71. The summed E-state index contributed by atoms with van der Waals surface area (Å²) >= 11 is 6.06. The number of hydrogen-bond acceptors (Lipinski definition) is 3. The van der Waals surface area contributed by atoms with Crippen LogP contribution in [0.5, 0.6) is 5.75 Å². The molecule has 20 heavy (non-hydrogen) atoms. The van der Waals surface area contributed by atoms with Gasteiger partial charge in [0.15, 0.2) is 0 Å². The zero-order valence-electron chi connectivity index (χ0n) is 11.9. The van der Waals surface area contributed by atoms with E-state index in [1.54, 1.807) is 0 Å². The maximum atomic E-state index is 6.06. The molecular weight excluding hydrogens is 272 g/mol. The number of piperidine rings is 1. The van der Waals surface area contributed by atoms with Crippen molar-refractivity contribution in [2.45, 2.75) is 37.8 Å². The van der Waals surface area contributed by atoms with Crippen LogP contribution in [-0.2, 0) is 0 Å². The van der Waals surface area contributed by atoms with E-state index in [0.717, 1.165) is 18.3 Å². The number of para-hydroxylation sites is 1. The van der Waals surface area contributed by atoms with Gasteiger partial charge in [-0.05, 0) is 50.9 Å². The average molecular weight is 295 g/mol. The average Bonchev–Trinajstić information content (AvgIpc) is 2.93. The van der Waals surface area contributed by atoms with Crippen molar-refractivity contribution < 1.29 is 4.74 Å². The van der Waals surface area contributed by atoms with Gasteiger partial charge in [0, 0.05) is 18.6 Å². The molecule has 0 aliphatic carbocycles. The number of halogens is 1. The first-order chi connectivity index (χ1) is 9.83. The number of hydrogen-bond donors (Lipinski definition) is 1. The first-order valence-corrected chi connectivity index (χ1v) is 8.05. The van der Waals surface area contributed by atoms with Crippen molar-refractivity contribution >= 4 is 11.6 Å². The number of nitrogens with one attached hydrogen (secondary N) is 1. The fourth-order valence-electron chi connectivity index (χ4n) is 3.40. The van der Waals surface area contributed by atoms with Crippen molar-refractivity contribution in [2.75, 3.05) is 26.2 Å². The van der Waals surface area contributed by atoms with Crippen molar-refractivity contribution in [3.8, 4) is 5.75 Å². The van der Waals surface area contributed by atoms with Gasteiger partial charge < -0.3 is 15.0 Å². The van der Waals surface area contributed by atoms with Crippen molar-refractivity contribution in [3.05, 3.63) is 29.3 Å². The van der Waals surface area contributed by atoms with Gasteiger partial charge in [-0.25, -0.2) is 0 Å². The zero-order valence-corrected chi connectivity index (χ0v) is 12.6. The fourth-order valence-corrected chi connectivity index (χ4v) is 3.59. The van der Waals surface area contributed by atoms with Crippen LogP contribution < -0.4 is 10.1 Å². The van der Waals surface area contributed by atoms with Crippen molar-refractivity contribution in [2.24, 2.45) is 0 Å². The number of nitrogens with zero attached hydrogens (tertiary/aromatic N) is 1. The first-order valence-electron chi connectivity index (χ1n) is 7.68. The minimum atomic E-state index is 0.657. The van der Waals surface area contributed by atoms with Crippen LogP contribution in [0.25, 0.3) is 0 Å². The molecule has 0 aromatic heterocycles. The predicted octanol–water partition coefficient (Wildman–Crippen LogP) is 2.94. The molecule has 0 saturated carbocycles. The van der Waals surface area contributed by atoms with E-state index in [1.165, 1.54) is 38.8 Å². The summed E-state index contributed by atoms with van der Waals surface area (Å²) in [6, 6.07) is 9.13. The maximum absolute atomic E-state index is 6.06. The number of ether oxygens (including phenoxy) is 1. The Kier molecular flexibility index (Phi) is 4.81. The molecule has 2 heterocycles. The lowest BCUT2D eigenvalue weighted by Gasteiger charge is -2.35. The van der Waals surface area contributed by atoms with Gasteiger partial charge in [-0.15, -0.1) is 0 Å². The van der Waals surface area contributed by atoms with Gasteiger partial charge in [-0.3, -0.25) is 0 Å². The van der Waals surface area contributed by atoms with Gasteiger partial charge >= 0.3 is 0 Å². The van der Waals surface area contributed by atoms with E-state index in [2.05, 4.69) is 10.2 Å². The molecule has 2 atom stereocenters. The summed E-state index contributed by atoms with van der Waals surface area (Å²) in [5.74, 6) is 0.779. The Labute approximate surface area is 126 Å². The lowest BCUT2D eigenvalue weighted by atomic mass is 9.98. The molecular formula is C16H23ClN2O. The molecule has 2 fully saturated rings. The third-order valence-corrected chi connectivity index (χ3v) is 4.76. The summed E-state index contributed by atoms with van der Waals surface area (Å²) in [7, 11) is 0. The molecule has 110 valence electrons. The van der Waals surface area contributed by atoms with E-state index in [-0.39, 0.29) is 0 Å². The number of fused-ring (bicyclic) bond motifs is 1. The highest BCUT2D eigenvalue weighted by Gasteiger charge is 2.31. The highest BCUT2D eigenvalue weighted by Crippen LogP contribution is 2.27. The quantitative estimate of drug-likeness (QED) is 0.845. The second kappa shape index (κ2) is 6.79. The topological polar surface area (TPSA) is 24.5 Å². The van der Waals surface area contributed by atoms with Crippen LogP contribution in [0.4, 0.5) is 0 Å². The van der Waals surface area contributed by atoms with Gasteiger partial charge in [0.1, 0.15) is 12.4 Å². The van der Waals surface area contributed by atoms with Gasteiger partial charge in [0.2, 0.25) is 0 Å². The third kappa shape index (κ3) is 3.46. The van der Waals surface area contributed by atoms with Gasteiger partial charge in [-0.1, -0.05) is 23.7 Å². The Bertz CT molecular complexity index is 440. The summed E-state index contributed by atoms with van der Waals surface area (Å²) in [5, 5.41) is 4.32. The van der Waals surface area contributed by atoms with Crippen molar-refractivity contribution in [1.82, 2.24) is 10.2 Å². The van der Waals surface area contributed by atoms with Gasteiger partial charge in [0.25, 0.3) is 0 Å². The smallest absolute Gasteiger partial charge is 0.137 e. The summed E-state index contributed by atoms with van der Waals surface area (Å²) in [5.41, 5.74) is 0. The molecule has 3 rings (SSSR count). The van der Waals surface area contributed by atoms with E-state index in [9.17, 15) is 0 Å². The van der Waals surface area contributed by atoms with Crippen LogP contribution in [0.1, 0.15) is 25.7 Å². The predicted molar refractivity (Wildman–Crippen MR) is 82.6 cm³/mol. The van der Waals surface area contributed by atoms with E-state index < -0.39 is 0 Å². The second-order valence-corrected chi connectivity index (χ2v) is 6.19. The number of benzene rings is 1. The molecule has 0 bridgehead atoms. The van der Waals surface area contributed by atoms with E-state index in [1.807, 2.05) is 24.3 Å². The molecule has 1 aromatic rings. The van der Waals surface area contributed by atoms with Gasteiger partial charge in [0.05, 0.1) is 5.02 Å². The van der Waals surface area contributed by atoms with E-state index in [0.29, 0.717) is 17.7 Å². The molecule has 1 aromatic carbocycles. The highest BCUT2D eigenvalue weighted by atomic mass is 35.5. The van der Waals surface area contributed by atoms with Crippen molar-refractivity contribution in [1.29, 1.82) is 0 Å².